The highest BCUT2D eigenvalue weighted by molar-refractivity contribution is 7.55. The largest absolute Gasteiger partial charge is 0.462 e. The van der Waals surface area contributed by atoms with Crippen molar-refractivity contribution in [3.8, 4) is 0 Å². The van der Waals surface area contributed by atoms with E-state index in [1.807, 2.05) is 0 Å². The smallest absolute Gasteiger partial charge is 0.398 e. The Balaban J connectivity index is 2.09. The van der Waals surface area contributed by atoms with Crippen molar-refractivity contribution >= 4 is 31.1 Å². The molecule has 0 radical (unpaired) electrons. The van der Waals surface area contributed by atoms with Crippen molar-refractivity contribution in [2.24, 2.45) is 0 Å². The molecule has 0 aromatic heterocycles. The van der Waals surface area contributed by atoms with Gasteiger partial charge in [-0.25, -0.2) is 9.78 Å². The molecule has 2 aliphatic carbocycles. The van der Waals surface area contributed by atoms with Crippen molar-refractivity contribution in [1.82, 2.24) is 0 Å². The van der Waals surface area contributed by atoms with Crippen molar-refractivity contribution in [3.05, 3.63) is 0 Å². The lowest BCUT2D eigenvalue weighted by Crippen LogP contribution is -2.33. The van der Waals surface area contributed by atoms with Crippen LogP contribution >= 0.6 is 19.2 Å². The zero-order valence-electron chi connectivity index (χ0n) is 16.7. The number of carbonyl (C=O) groups is 2. The molecule has 2 atom stereocenters. The number of rotatable bonds is 11. The van der Waals surface area contributed by atoms with Crippen LogP contribution in [0.3, 0.4) is 0 Å². The van der Waals surface area contributed by atoms with Gasteiger partial charge in [-0.15, -0.1) is 9.35 Å². The molecule has 0 amide bonds. The molecule has 9 nitrogen and oxygen atoms in total. The van der Waals surface area contributed by atoms with Crippen LogP contribution < -0.4 is 0 Å². The molecule has 0 aromatic rings. The summed E-state index contributed by atoms with van der Waals surface area (Å²) in [5.74, 6) is -1.56. The van der Waals surface area contributed by atoms with Crippen LogP contribution in [-0.2, 0) is 42.8 Å². The third kappa shape index (κ3) is 8.15. The lowest BCUT2D eigenvalue weighted by atomic mass is 9.98. The molecular formula is C18H30ClO9P. The third-order valence-electron chi connectivity index (χ3n) is 5.08. The molecule has 0 aromatic carbocycles. The minimum Gasteiger partial charge on any atom is -0.462 e. The summed E-state index contributed by atoms with van der Waals surface area (Å²) in [6, 6.07) is -0.464. The van der Waals surface area contributed by atoms with Crippen LogP contribution in [0, 0.1) is 0 Å². The van der Waals surface area contributed by atoms with E-state index in [9.17, 15) is 14.2 Å². The Morgan fingerprint density at radius 2 is 1.48 bits per heavy atom. The van der Waals surface area contributed by atoms with Gasteiger partial charge in [0.2, 0.25) is 0 Å². The van der Waals surface area contributed by atoms with Crippen molar-refractivity contribution < 1.29 is 42.8 Å². The minimum atomic E-state index is -4.38. The summed E-state index contributed by atoms with van der Waals surface area (Å²) in [6.07, 6.45) is 7.87. The topological polar surface area (TPSA) is 107 Å². The molecule has 2 rings (SSSR count). The van der Waals surface area contributed by atoms with E-state index in [0.717, 1.165) is 58.5 Å². The van der Waals surface area contributed by atoms with E-state index in [-0.39, 0.29) is 12.2 Å². The zero-order valence-corrected chi connectivity index (χ0v) is 18.4. The predicted molar refractivity (Wildman–Crippen MR) is 103 cm³/mol. The summed E-state index contributed by atoms with van der Waals surface area (Å²) in [5, 5.41) is 0. The molecule has 2 aliphatic rings. The molecule has 2 fully saturated rings. The van der Waals surface area contributed by atoms with E-state index in [1.165, 1.54) is 0 Å². The van der Waals surface area contributed by atoms with Gasteiger partial charge in [0.05, 0.1) is 13.5 Å². The maximum atomic E-state index is 13.1. The Morgan fingerprint density at radius 1 is 0.931 bits per heavy atom. The van der Waals surface area contributed by atoms with Gasteiger partial charge >= 0.3 is 19.5 Å². The number of halogens is 1. The lowest BCUT2D eigenvalue weighted by Gasteiger charge is -2.27. The summed E-state index contributed by atoms with van der Waals surface area (Å²) >= 11 is 5.41. The Kier molecular flexibility index (Phi) is 10.9. The van der Waals surface area contributed by atoms with E-state index >= 15 is 0 Å². The number of esters is 2. The van der Waals surface area contributed by atoms with E-state index < -0.39 is 37.7 Å². The molecule has 11 heteroatoms. The third-order valence-corrected chi connectivity index (χ3v) is 6.99. The SMILES string of the molecule is COOP(=O)(OOCCl)C(CC(=O)OC1CCCCC1)C(=O)OC1CCCCC1. The van der Waals surface area contributed by atoms with Crippen molar-refractivity contribution in [3.63, 3.8) is 0 Å². The summed E-state index contributed by atoms with van der Waals surface area (Å²) < 4.78 is 33.6. The first-order valence-electron chi connectivity index (χ1n) is 10.1. The van der Waals surface area contributed by atoms with Gasteiger partial charge in [-0.1, -0.05) is 24.4 Å². The fourth-order valence-electron chi connectivity index (χ4n) is 3.64. The molecule has 168 valence electrons. The number of hydrogen-bond acceptors (Lipinski definition) is 9. The van der Waals surface area contributed by atoms with Crippen LogP contribution in [0.4, 0.5) is 0 Å². The molecule has 0 saturated heterocycles. The lowest BCUT2D eigenvalue weighted by molar-refractivity contribution is -0.249. The quantitative estimate of drug-likeness (QED) is 0.147. The normalized spacial score (nSPS) is 21.9. The van der Waals surface area contributed by atoms with Crippen LogP contribution in [0.1, 0.15) is 70.6 Å². The number of alkyl halides is 1. The molecule has 0 aliphatic heterocycles. The van der Waals surface area contributed by atoms with Gasteiger partial charge in [0.25, 0.3) is 0 Å². The number of hydrogen-bond donors (Lipinski definition) is 0. The van der Waals surface area contributed by atoms with Gasteiger partial charge in [-0.3, -0.25) is 14.2 Å². The van der Waals surface area contributed by atoms with Crippen LogP contribution in [0.2, 0.25) is 0 Å². The standard InChI is InChI=1S/C18H30ClO9P/c1-23-27-29(22,28-24-13-19)16(18(21)26-15-10-6-3-7-11-15)12-17(20)25-14-8-4-2-5-9-14/h14-16H,2-13H2,1H3. The molecule has 0 N–H and O–H groups in total. The highest BCUT2D eigenvalue weighted by atomic mass is 35.5. The maximum Gasteiger partial charge on any atom is 0.398 e. The van der Waals surface area contributed by atoms with Gasteiger partial charge in [0, 0.05) is 0 Å². The maximum absolute atomic E-state index is 13.1. The van der Waals surface area contributed by atoms with Crippen LogP contribution in [0.25, 0.3) is 0 Å². The fourth-order valence-corrected chi connectivity index (χ4v) is 5.08. The van der Waals surface area contributed by atoms with Gasteiger partial charge in [0.15, 0.2) is 11.7 Å². The highest BCUT2D eigenvalue weighted by Crippen LogP contribution is 2.55. The van der Waals surface area contributed by atoms with Crippen LogP contribution in [-0.4, -0.2) is 43.0 Å². The average molecular weight is 457 g/mol. The molecule has 0 bridgehead atoms. The first-order valence-corrected chi connectivity index (χ1v) is 12.2. The predicted octanol–water partition coefficient (Wildman–Crippen LogP) is 4.41. The molecule has 2 unspecified atom stereocenters. The molecular weight excluding hydrogens is 427 g/mol. The Bertz CT molecular complexity index is 562. The van der Waals surface area contributed by atoms with Crippen LogP contribution in [0.15, 0.2) is 0 Å². The van der Waals surface area contributed by atoms with E-state index in [1.54, 1.807) is 0 Å². The molecule has 29 heavy (non-hydrogen) atoms. The molecule has 0 spiro atoms. The second kappa shape index (κ2) is 12.9. The van der Waals surface area contributed by atoms with E-state index in [0.29, 0.717) is 12.8 Å². The number of carbonyl (C=O) groups excluding carboxylic acids is 2. The Morgan fingerprint density at radius 3 is 2.00 bits per heavy atom. The number of ether oxygens (including phenoxy) is 2. The van der Waals surface area contributed by atoms with Crippen molar-refractivity contribution in [2.45, 2.75) is 88.5 Å². The first-order chi connectivity index (χ1) is 14.0. The monoisotopic (exact) mass is 456 g/mol. The molecule has 2 saturated carbocycles. The van der Waals surface area contributed by atoms with Crippen LogP contribution in [0.5, 0.6) is 0 Å². The second-order valence-electron chi connectivity index (χ2n) is 7.25. The summed E-state index contributed by atoms with van der Waals surface area (Å²) in [4.78, 5) is 34.3. The first kappa shape index (κ1) is 24.6. The van der Waals surface area contributed by atoms with E-state index in [2.05, 4.69) is 9.78 Å². The summed E-state index contributed by atoms with van der Waals surface area (Å²) in [5.41, 5.74) is -1.59. The van der Waals surface area contributed by atoms with Gasteiger partial charge in [0.1, 0.15) is 12.2 Å². The highest BCUT2D eigenvalue weighted by Gasteiger charge is 2.48. The van der Waals surface area contributed by atoms with Crippen molar-refractivity contribution in [1.29, 1.82) is 0 Å². The molecule has 0 heterocycles. The summed E-state index contributed by atoms with van der Waals surface area (Å²) in [6.45, 7) is 0. The van der Waals surface area contributed by atoms with Gasteiger partial charge < -0.3 is 9.47 Å². The van der Waals surface area contributed by atoms with Crippen molar-refractivity contribution in [2.75, 3.05) is 13.2 Å². The minimum absolute atomic E-state index is 0.214. The fraction of sp³-hybridized carbons (Fsp3) is 0.889. The zero-order chi connectivity index (χ0) is 21.1. The van der Waals surface area contributed by atoms with Gasteiger partial charge in [-0.05, 0) is 51.4 Å². The Labute approximate surface area is 176 Å². The van der Waals surface area contributed by atoms with E-state index in [4.69, 9.17) is 30.4 Å². The summed E-state index contributed by atoms with van der Waals surface area (Å²) in [7, 11) is -3.28. The second-order valence-corrected chi connectivity index (χ2v) is 9.47. The van der Waals surface area contributed by atoms with Gasteiger partial charge in [-0.2, -0.15) is 0 Å². The Hall–Kier alpha value is -0.700. The average Bonchev–Trinajstić information content (AvgIpc) is 2.72.